The molecule has 0 saturated heterocycles. The lowest BCUT2D eigenvalue weighted by atomic mass is 10.0. The number of halogens is 3. The van der Waals surface area contributed by atoms with Crippen LogP contribution in [0.5, 0.6) is 0 Å². The predicted molar refractivity (Wildman–Crippen MR) is 84.9 cm³/mol. The van der Waals surface area contributed by atoms with Gasteiger partial charge in [0.15, 0.2) is 0 Å². The number of carboxylic acid groups (broad SMARTS) is 1. The molecule has 2 unspecified atom stereocenters. The molecule has 3 nitrogen and oxygen atoms in total. The van der Waals surface area contributed by atoms with Crippen molar-refractivity contribution in [1.82, 2.24) is 0 Å². The highest BCUT2D eigenvalue weighted by atomic mass is 32.2. The highest BCUT2D eigenvalue weighted by molar-refractivity contribution is 8.15. The van der Waals surface area contributed by atoms with Crippen LogP contribution in [0.3, 0.4) is 0 Å². The molecule has 0 amide bonds. The van der Waals surface area contributed by atoms with Crippen molar-refractivity contribution >= 4 is 22.8 Å². The van der Waals surface area contributed by atoms with E-state index in [2.05, 4.69) is 11.9 Å². The molecule has 1 heterocycles. The molecule has 23 heavy (non-hydrogen) atoms. The van der Waals surface area contributed by atoms with E-state index < -0.39 is 17.7 Å². The topological polar surface area (TPSA) is 49.7 Å². The number of thioether (sulfide) groups is 1. The Morgan fingerprint density at radius 2 is 1.96 bits per heavy atom. The highest BCUT2D eigenvalue weighted by Gasteiger charge is 2.33. The third-order valence-electron chi connectivity index (χ3n) is 3.66. The quantitative estimate of drug-likeness (QED) is 0.820. The van der Waals surface area contributed by atoms with Crippen molar-refractivity contribution in [2.45, 2.75) is 50.1 Å². The van der Waals surface area contributed by atoms with Gasteiger partial charge >= 0.3 is 12.1 Å². The number of carboxylic acids is 1. The lowest BCUT2D eigenvalue weighted by Crippen LogP contribution is -2.20. The van der Waals surface area contributed by atoms with Crippen molar-refractivity contribution in [3.8, 4) is 0 Å². The Balaban J connectivity index is 2.16. The van der Waals surface area contributed by atoms with Crippen molar-refractivity contribution in [3.05, 3.63) is 35.4 Å². The summed E-state index contributed by atoms with van der Waals surface area (Å²) >= 11 is 1.35. The van der Waals surface area contributed by atoms with Crippen molar-refractivity contribution in [2.24, 2.45) is 4.99 Å². The third-order valence-corrected chi connectivity index (χ3v) is 5.01. The molecular formula is C16H18F3NO2S. The van der Waals surface area contributed by atoms with Gasteiger partial charge in [0.2, 0.25) is 0 Å². The molecule has 1 aliphatic heterocycles. The summed E-state index contributed by atoms with van der Waals surface area (Å²) in [6.45, 7) is 2.05. The van der Waals surface area contributed by atoms with Crippen LogP contribution in [0, 0.1) is 0 Å². The van der Waals surface area contributed by atoms with Gasteiger partial charge in [-0.05, 0) is 18.6 Å². The number of hydrogen-bond donors (Lipinski definition) is 1. The Morgan fingerprint density at radius 1 is 1.30 bits per heavy atom. The number of rotatable bonds is 6. The molecule has 0 radical (unpaired) electrons. The van der Waals surface area contributed by atoms with Crippen molar-refractivity contribution in [2.75, 3.05) is 0 Å². The number of aliphatic imine (C=N–C) groups is 1. The maximum atomic E-state index is 12.6. The molecule has 0 aromatic heterocycles. The first-order valence-corrected chi connectivity index (χ1v) is 8.33. The average Bonchev–Trinajstić information content (AvgIpc) is 2.86. The van der Waals surface area contributed by atoms with Crippen LogP contribution in [0.1, 0.15) is 43.7 Å². The summed E-state index contributed by atoms with van der Waals surface area (Å²) in [4.78, 5) is 15.5. The average molecular weight is 345 g/mol. The number of hydrogen-bond acceptors (Lipinski definition) is 3. The number of aliphatic carboxylic acids is 1. The van der Waals surface area contributed by atoms with Crippen LogP contribution in [0.15, 0.2) is 29.3 Å². The zero-order chi connectivity index (χ0) is 17.0. The molecular weight excluding hydrogens is 327 g/mol. The van der Waals surface area contributed by atoms with Crippen LogP contribution in [-0.4, -0.2) is 27.4 Å². The lowest BCUT2D eigenvalue weighted by Gasteiger charge is -2.14. The van der Waals surface area contributed by atoms with E-state index >= 15 is 0 Å². The number of unbranched alkanes of at least 4 members (excludes halogenated alkanes) is 1. The summed E-state index contributed by atoms with van der Waals surface area (Å²) < 4.78 is 37.8. The Bertz CT molecular complexity index is 584. The lowest BCUT2D eigenvalue weighted by molar-refractivity contribution is -0.138. The van der Waals surface area contributed by atoms with Crippen LogP contribution >= 0.6 is 11.8 Å². The minimum Gasteiger partial charge on any atom is -0.481 e. The summed E-state index contributed by atoms with van der Waals surface area (Å²) in [7, 11) is 0. The van der Waals surface area contributed by atoms with Gasteiger partial charge in [0.25, 0.3) is 0 Å². The first-order valence-electron chi connectivity index (χ1n) is 7.45. The number of carbonyl (C=O) groups is 1. The second kappa shape index (κ2) is 7.38. The second-order valence-corrected chi connectivity index (χ2v) is 6.70. The van der Waals surface area contributed by atoms with Crippen LogP contribution in [0.4, 0.5) is 13.2 Å². The highest BCUT2D eigenvalue weighted by Crippen LogP contribution is 2.36. The molecule has 1 aromatic carbocycles. The van der Waals surface area contributed by atoms with Gasteiger partial charge in [-0.3, -0.25) is 9.79 Å². The van der Waals surface area contributed by atoms with Gasteiger partial charge in [-0.25, -0.2) is 0 Å². The van der Waals surface area contributed by atoms with Crippen molar-refractivity contribution in [3.63, 3.8) is 0 Å². The SMILES string of the molecule is CCCCC1N=C(c2ccc(C(F)(F)F)cc2)SC1CC(=O)O. The number of benzene rings is 1. The maximum absolute atomic E-state index is 12.6. The Labute approximate surface area is 137 Å². The first-order chi connectivity index (χ1) is 10.8. The van der Waals surface area contributed by atoms with Gasteiger partial charge in [0, 0.05) is 10.8 Å². The van der Waals surface area contributed by atoms with E-state index in [-0.39, 0.29) is 17.7 Å². The van der Waals surface area contributed by atoms with Crippen LogP contribution in [-0.2, 0) is 11.0 Å². The maximum Gasteiger partial charge on any atom is 0.416 e. The molecule has 2 atom stereocenters. The molecule has 0 spiro atoms. The largest absolute Gasteiger partial charge is 0.481 e. The standard InChI is InChI=1S/C16H18F3NO2S/c1-2-3-4-12-13(9-14(21)22)23-15(20-12)10-5-7-11(8-6-10)16(17,18)19/h5-8,12-13H,2-4,9H2,1H3,(H,21,22). The fourth-order valence-electron chi connectivity index (χ4n) is 2.44. The van der Waals surface area contributed by atoms with E-state index in [9.17, 15) is 18.0 Å². The molecule has 126 valence electrons. The zero-order valence-corrected chi connectivity index (χ0v) is 13.5. The van der Waals surface area contributed by atoms with E-state index in [1.165, 1.54) is 23.9 Å². The van der Waals surface area contributed by atoms with E-state index in [4.69, 9.17) is 5.11 Å². The van der Waals surface area contributed by atoms with Gasteiger partial charge in [-0.15, -0.1) is 11.8 Å². The van der Waals surface area contributed by atoms with Crippen LogP contribution in [0.25, 0.3) is 0 Å². The zero-order valence-electron chi connectivity index (χ0n) is 12.6. The van der Waals surface area contributed by atoms with Gasteiger partial charge in [-0.2, -0.15) is 13.2 Å². The summed E-state index contributed by atoms with van der Waals surface area (Å²) in [6, 6.07) is 4.77. The predicted octanol–water partition coefficient (Wildman–Crippen LogP) is 4.60. The smallest absolute Gasteiger partial charge is 0.416 e. The normalized spacial score (nSPS) is 21.3. The van der Waals surface area contributed by atoms with Gasteiger partial charge in [0.05, 0.1) is 23.1 Å². The third kappa shape index (κ3) is 4.73. The minimum absolute atomic E-state index is 0.00663. The molecule has 7 heteroatoms. The van der Waals surface area contributed by atoms with E-state index in [1.807, 2.05) is 0 Å². The molecule has 1 aliphatic rings. The first kappa shape index (κ1) is 17.8. The summed E-state index contributed by atoms with van der Waals surface area (Å²) in [5.74, 6) is -0.882. The molecule has 2 rings (SSSR count). The number of nitrogens with zero attached hydrogens (tertiary/aromatic N) is 1. The summed E-state index contributed by atoms with van der Waals surface area (Å²) in [6.07, 6.45) is -1.62. The number of alkyl halides is 3. The van der Waals surface area contributed by atoms with Crippen LogP contribution < -0.4 is 0 Å². The molecule has 0 fully saturated rings. The molecule has 1 aromatic rings. The van der Waals surface area contributed by atoms with E-state index in [0.717, 1.165) is 31.4 Å². The van der Waals surface area contributed by atoms with Crippen molar-refractivity contribution < 1.29 is 23.1 Å². The van der Waals surface area contributed by atoms with Gasteiger partial charge in [0.1, 0.15) is 0 Å². The van der Waals surface area contributed by atoms with E-state index in [0.29, 0.717) is 10.6 Å². The second-order valence-electron chi connectivity index (χ2n) is 5.47. The van der Waals surface area contributed by atoms with Gasteiger partial charge in [-0.1, -0.05) is 31.9 Å². The fraction of sp³-hybridized carbons (Fsp3) is 0.500. The molecule has 0 saturated carbocycles. The minimum atomic E-state index is -4.36. The fourth-order valence-corrected chi connectivity index (χ4v) is 3.78. The van der Waals surface area contributed by atoms with Crippen LogP contribution in [0.2, 0.25) is 0 Å². The van der Waals surface area contributed by atoms with Gasteiger partial charge < -0.3 is 5.11 Å². The Kier molecular flexibility index (Phi) is 5.73. The monoisotopic (exact) mass is 345 g/mol. The summed E-state index contributed by atoms with van der Waals surface area (Å²) in [5.41, 5.74) is -0.0909. The Morgan fingerprint density at radius 3 is 2.48 bits per heavy atom. The van der Waals surface area contributed by atoms with E-state index in [1.54, 1.807) is 0 Å². The van der Waals surface area contributed by atoms with Crippen molar-refractivity contribution in [1.29, 1.82) is 0 Å². The Hall–Kier alpha value is -1.50. The molecule has 0 aliphatic carbocycles. The molecule has 1 N–H and O–H groups in total. The summed E-state index contributed by atoms with van der Waals surface area (Å²) in [5, 5.41) is 9.49. The molecule has 0 bridgehead atoms.